The number of anilines is 1. The summed E-state index contributed by atoms with van der Waals surface area (Å²) in [6, 6.07) is 2.13. The maximum atomic E-state index is 13.5. The molecular weight excluding hydrogens is 257 g/mol. The Labute approximate surface area is 108 Å². The fourth-order valence-corrected chi connectivity index (χ4v) is 1.33. The quantitative estimate of drug-likeness (QED) is 0.801. The van der Waals surface area contributed by atoms with Gasteiger partial charge in [0.25, 0.3) is 0 Å². The third kappa shape index (κ3) is 3.44. The summed E-state index contributed by atoms with van der Waals surface area (Å²) < 4.78 is 23.0. The first kappa shape index (κ1) is 14.5. The van der Waals surface area contributed by atoms with Gasteiger partial charge in [-0.05, 0) is 12.1 Å². The molecule has 2 N–H and O–H groups in total. The van der Waals surface area contributed by atoms with E-state index in [0.29, 0.717) is 0 Å². The number of carbonyl (C=O) groups excluding carboxylic acids is 1. The summed E-state index contributed by atoms with van der Waals surface area (Å²) in [6.07, 6.45) is 0.395. The number of hydrogen-bond acceptors (Lipinski definition) is 4. The molecule has 0 heterocycles. The third-order valence-electron chi connectivity index (χ3n) is 2.11. The van der Waals surface area contributed by atoms with Crippen LogP contribution in [0.25, 0.3) is 0 Å². The average Bonchev–Trinajstić information content (AvgIpc) is 2.36. The fourth-order valence-electron chi connectivity index (χ4n) is 1.33. The number of benzene rings is 1. The largest absolute Gasteiger partial charge is 0.495 e. The van der Waals surface area contributed by atoms with Crippen molar-refractivity contribution in [1.29, 1.82) is 0 Å². The molecule has 0 aliphatic rings. The van der Waals surface area contributed by atoms with Crippen LogP contribution < -0.4 is 10.1 Å². The monoisotopic (exact) mass is 269 g/mol. The van der Waals surface area contributed by atoms with Gasteiger partial charge in [0.05, 0.1) is 7.11 Å². The number of halogens is 1. The number of methoxy groups -OCH3 is 1. The molecule has 102 valence electrons. The molecule has 0 saturated carbocycles. The van der Waals surface area contributed by atoms with Crippen LogP contribution in [0.3, 0.4) is 0 Å². The third-order valence-corrected chi connectivity index (χ3v) is 2.11. The van der Waals surface area contributed by atoms with Gasteiger partial charge in [0, 0.05) is 0 Å². The zero-order valence-corrected chi connectivity index (χ0v) is 10.1. The molecule has 0 aliphatic carbocycles. The lowest BCUT2D eigenvalue weighted by Gasteiger charge is -2.13. The summed E-state index contributed by atoms with van der Waals surface area (Å²) in [7, 11) is 1.26. The van der Waals surface area contributed by atoms with Crippen LogP contribution in [0.1, 0.15) is 10.4 Å². The molecule has 1 rings (SSSR count). The van der Waals surface area contributed by atoms with Crippen LogP contribution >= 0.6 is 0 Å². The number of carbonyl (C=O) groups is 2. The van der Waals surface area contributed by atoms with Crippen LogP contribution in [0.2, 0.25) is 0 Å². The van der Waals surface area contributed by atoms with Gasteiger partial charge in [-0.1, -0.05) is 12.7 Å². The number of amides is 1. The van der Waals surface area contributed by atoms with Gasteiger partial charge in [0.2, 0.25) is 0 Å². The molecule has 19 heavy (non-hydrogen) atoms. The molecule has 0 saturated heterocycles. The second-order valence-corrected chi connectivity index (χ2v) is 3.32. The van der Waals surface area contributed by atoms with Crippen molar-refractivity contribution >= 4 is 17.7 Å². The van der Waals surface area contributed by atoms with E-state index in [1.165, 1.54) is 19.3 Å². The zero-order chi connectivity index (χ0) is 14.4. The predicted molar refractivity (Wildman–Crippen MR) is 65.1 cm³/mol. The fraction of sp³-hybridized carbons (Fsp3) is 0.167. The molecule has 7 heteroatoms. The standard InChI is InChI=1S/C12H12FNO5/c1-3-6-19-12(17)14-10-8(18-2)5-4-7(13)9(10)11(15)16/h3-5H,1,6H2,2H3,(H,14,17)(H,15,16). The number of rotatable bonds is 5. The minimum Gasteiger partial charge on any atom is -0.495 e. The molecule has 0 unspecified atom stereocenters. The Morgan fingerprint density at radius 2 is 2.21 bits per heavy atom. The molecule has 0 aromatic heterocycles. The maximum absolute atomic E-state index is 13.5. The summed E-state index contributed by atoms with van der Waals surface area (Å²) in [5.74, 6) is -2.52. The van der Waals surface area contributed by atoms with Crippen LogP contribution in [0.4, 0.5) is 14.9 Å². The van der Waals surface area contributed by atoms with Gasteiger partial charge in [-0.15, -0.1) is 0 Å². The van der Waals surface area contributed by atoms with Gasteiger partial charge < -0.3 is 14.6 Å². The number of hydrogen-bond donors (Lipinski definition) is 2. The second kappa shape index (κ2) is 6.39. The van der Waals surface area contributed by atoms with E-state index in [9.17, 15) is 14.0 Å². The van der Waals surface area contributed by atoms with Crippen molar-refractivity contribution in [2.45, 2.75) is 0 Å². The number of nitrogens with one attached hydrogen (secondary N) is 1. The molecule has 0 fully saturated rings. The lowest BCUT2D eigenvalue weighted by atomic mass is 10.1. The minimum atomic E-state index is -1.53. The number of ether oxygens (including phenoxy) is 2. The molecule has 0 aliphatic heterocycles. The van der Waals surface area contributed by atoms with E-state index in [4.69, 9.17) is 9.84 Å². The molecule has 0 atom stereocenters. The Kier molecular flexibility index (Phi) is 4.87. The highest BCUT2D eigenvalue weighted by molar-refractivity contribution is 6.01. The summed E-state index contributed by atoms with van der Waals surface area (Å²) in [4.78, 5) is 22.4. The second-order valence-electron chi connectivity index (χ2n) is 3.32. The van der Waals surface area contributed by atoms with Crippen molar-refractivity contribution < 1.29 is 28.6 Å². The SMILES string of the molecule is C=CCOC(=O)Nc1c(OC)ccc(F)c1C(=O)O. The Morgan fingerprint density at radius 3 is 2.74 bits per heavy atom. The topological polar surface area (TPSA) is 84.9 Å². The number of carboxylic acids is 1. The molecule has 1 aromatic rings. The van der Waals surface area contributed by atoms with E-state index in [1.807, 2.05) is 0 Å². The summed E-state index contributed by atoms with van der Waals surface area (Å²) in [6.45, 7) is 3.29. The van der Waals surface area contributed by atoms with Crippen molar-refractivity contribution in [2.24, 2.45) is 0 Å². The minimum absolute atomic E-state index is 0.00866. The van der Waals surface area contributed by atoms with Crippen molar-refractivity contribution in [1.82, 2.24) is 0 Å². The normalized spacial score (nSPS) is 9.58. The first-order valence-corrected chi connectivity index (χ1v) is 5.15. The van der Waals surface area contributed by atoms with E-state index in [0.717, 1.165) is 6.07 Å². The van der Waals surface area contributed by atoms with Gasteiger partial charge in [0.15, 0.2) is 0 Å². The molecule has 0 bridgehead atoms. The molecule has 1 amide bonds. The van der Waals surface area contributed by atoms with Crippen LogP contribution in [0.5, 0.6) is 5.75 Å². The lowest BCUT2D eigenvalue weighted by molar-refractivity contribution is 0.0692. The van der Waals surface area contributed by atoms with Crippen molar-refractivity contribution in [3.05, 3.63) is 36.2 Å². The highest BCUT2D eigenvalue weighted by atomic mass is 19.1. The summed E-state index contributed by atoms with van der Waals surface area (Å²) in [5.41, 5.74) is -1.00. The Hall–Kier alpha value is -2.57. The molecule has 1 aromatic carbocycles. The van der Waals surface area contributed by atoms with Gasteiger partial charge in [-0.2, -0.15) is 0 Å². The summed E-state index contributed by atoms with van der Waals surface area (Å²) >= 11 is 0. The number of aromatic carboxylic acids is 1. The predicted octanol–water partition coefficient (Wildman–Crippen LogP) is 2.27. The van der Waals surface area contributed by atoms with Crippen LogP contribution in [0.15, 0.2) is 24.8 Å². The van der Waals surface area contributed by atoms with Gasteiger partial charge in [-0.25, -0.2) is 14.0 Å². The highest BCUT2D eigenvalue weighted by Crippen LogP contribution is 2.30. The van der Waals surface area contributed by atoms with Crippen LogP contribution in [-0.2, 0) is 4.74 Å². The number of carboxylic acid groups (broad SMARTS) is 1. The Bertz CT molecular complexity index is 515. The van der Waals surface area contributed by atoms with Crippen molar-refractivity contribution in [3.63, 3.8) is 0 Å². The maximum Gasteiger partial charge on any atom is 0.412 e. The molecule has 0 radical (unpaired) electrons. The zero-order valence-electron chi connectivity index (χ0n) is 10.1. The molecule has 6 nitrogen and oxygen atoms in total. The van der Waals surface area contributed by atoms with Crippen LogP contribution in [0, 0.1) is 5.82 Å². The first-order chi connectivity index (χ1) is 9.01. The van der Waals surface area contributed by atoms with Gasteiger partial charge in [-0.3, -0.25) is 5.32 Å². The van der Waals surface area contributed by atoms with Gasteiger partial charge in [0.1, 0.15) is 29.4 Å². The average molecular weight is 269 g/mol. The van der Waals surface area contributed by atoms with E-state index >= 15 is 0 Å². The van der Waals surface area contributed by atoms with Gasteiger partial charge >= 0.3 is 12.1 Å². The van der Waals surface area contributed by atoms with E-state index in [-0.39, 0.29) is 18.0 Å². The molecule has 0 spiro atoms. The smallest absolute Gasteiger partial charge is 0.412 e. The van der Waals surface area contributed by atoms with Crippen molar-refractivity contribution in [3.8, 4) is 5.75 Å². The lowest BCUT2D eigenvalue weighted by Crippen LogP contribution is -2.17. The summed E-state index contributed by atoms with van der Waals surface area (Å²) in [5, 5.41) is 11.1. The van der Waals surface area contributed by atoms with Crippen molar-refractivity contribution in [2.75, 3.05) is 19.0 Å². The van der Waals surface area contributed by atoms with E-state index in [1.54, 1.807) is 0 Å². The Morgan fingerprint density at radius 1 is 1.53 bits per heavy atom. The van der Waals surface area contributed by atoms with E-state index in [2.05, 4.69) is 16.6 Å². The molecular formula is C12H12FNO5. The highest BCUT2D eigenvalue weighted by Gasteiger charge is 2.22. The first-order valence-electron chi connectivity index (χ1n) is 5.15. The Balaban J connectivity index is 3.15. The van der Waals surface area contributed by atoms with E-state index < -0.39 is 23.4 Å². The van der Waals surface area contributed by atoms with Crippen LogP contribution in [-0.4, -0.2) is 30.9 Å².